The van der Waals surface area contributed by atoms with Crippen LogP contribution < -0.4 is 5.32 Å². The van der Waals surface area contributed by atoms with E-state index < -0.39 is 11.9 Å². The lowest BCUT2D eigenvalue weighted by atomic mass is 10.0. The van der Waals surface area contributed by atoms with Gasteiger partial charge in [-0.15, -0.1) is 0 Å². The molecule has 4 nitrogen and oxygen atoms in total. The summed E-state index contributed by atoms with van der Waals surface area (Å²) in [5, 5.41) is 2.39. The monoisotopic (exact) mass is 242 g/mol. The van der Waals surface area contributed by atoms with Crippen molar-refractivity contribution in [2.24, 2.45) is 5.92 Å². The first-order chi connectivity index (χ1) is 8.08. The molecule has 2 heterocycles. The molecule has 1 N–H and O–H groups in total. The van der Waals surface area contributed by atoms with Crippen LogP contribution in [0.15, 0.2) is 12.1 Å². The van der Waals surface area contributed by atoms with E-state index in [9.17, 15) is 13.6 Å². The van der Waals surface area contributed by atoms with Crippen molar-refractivity contribution in [3.05, 3.63) is 24.0 Å². The van der Waals surface area contributed by atoms with Gasteiger partial charge in [-0.05, 0) is 25.5 Å². The van der Waals surface area contributed by atoms with Crippen LogP contribution in [0.3, 0.4) is 0 Å². The van der Waals surface area contributed by atoms with Crippen LogP contribution in [-0.2, 0) is 9.53 Å². The highest BCUT2D eigenvalue weighted by molar-refractivity contribution is 5.93. The number of pyridine rings is 1. The maximum atomic E-state index is 13.2. The minimum atomic E-state index is -1.02. The number of halogens is 2. The molecule has 17 heavy (non-hydrogen) atoms. The Morgan fingerprint density at radius 1 is 1.53 bits per heavy atom. The van der Waals surface area contributed by atoms with Crippen LogP contribution in [0.2, 0.25) is 0 Å². The van der Waals surface area contributed by atoms with Crippen LogP contribution in [0.25, 0.3) is 0 Å². The van der Waals surface area contributed by atoms with E-state index in [1.54, 1.807) is 6.92 Å². The molecule has 1 aliphatic rings. The molecule has 2 atom stereocenters. The van der Waals surface area contributed by atoms with Crippen molar-refractivity contribution in [1.29, 1.82) is 0 Å². The largest absolute Gasteiger partial charge is 0.378 e. The SMILES string of the molecule is CC1OCCC1C(=O)Nc1ccc(F)nc1F. The summed E-state index contributed by atoms with van der Waals surface area (Å²) in [6, 6.07) is 2.14. The summed E-state index contributed by atoms with van der Waals surface area (Å²) in [6.45, 7) is 2.31. The summed E-state index contributed by atoms with van der Waals surface area (Å²) < 4.78 is 31.0. The molecule has 1 amide bonds. The fraction of sp³-hybridized carbons (Fsp3) is 0.455. The Hall–Kier alpha value is -1.56. The molecule has 1 aliphatic heterocycles. The van der Waals surface area contributed by atoms with Crippen LogP contribution >= 0.6 is 0 Å². The first-order valence-corrected chi connectivity index (χ1v) is 5.32. The first-order valence-electron chi connectivity index (χ1n) is 5.32. The topological polar surface area (TPSA) is 51.2 Å². The lowest BCUT2D eigenvalue weighted by Crippen LogP contribution is -2.28. The van der Waals surface area contributed by atoms with Crippen molar-refractivity contribution in [3.8, 4) is 0 Å². The smallest absolute Gasteiger partial charge is 0.239 e. The number of amides is 1. The quantitative estimate of drug-likeness (QED) is 0.803. The lowest BCUT2D eigenvalue weighted by molar-refractivity contribution is -0.121. The lowest BCUT2D eigenvalue weighted by Gasteiger charge is -2.14. The second kappa shape index (κ2) is 4.75. The molecule has 0 radical (unpaired) electrons. The standard InChI is InChI=1S/C11H12F2N2O2/c1-6-7(4-5-17-6)11(16)14-8-2-3-9(12)15-10(8)13/h2-3,6-7H,4-5H2,1H3,(H,14,16). The zero-order chi connectivity index (χ0) is 12.4. The number of nitrogens with zero attached hydrogens (tertiary/aromatic N) is 1. The number of aromatic nitrogens is 1. The van der Waals surface area contributed by atoms with Crippen LogP contribution in [0, 0.1) is 17.8 Å². The number of anilines is 1. The molecule has 1 aromatic heterocycles. The maximum absolute atomic E-state index is 13.2. The maximum Gasteiger partial charge on any atom is 0.239 e. The average Bonchev–Trinajstić information content (AvgIpc) is 2.68. The third kappa shape index (κ3) is 2.58. The number of ether oxygens (including phenoxy) is 1. The van der Waals surface area contributed by atoms with Gasteiger partial charge in [0.2, 0.25) is 17.8 Å². The summed E-state index contributed by atoms with van der Waals surface area (Å²) in [4.78, 5) is 14.8. The molecule has 92 valence electrons. The van der Waals surface area contributed by atoms with Crippen LogP contribution in [-0.4, -0.2) is 23.6 Å². The molecular weight excluding hydrogens is 230 g/mol. The van der Waals surface area contributed by atoms with Gasteiger partial charge in [-0.2, -0.15) is 13.8 Å². The number of nitrogens with one attached hydrogen (secondary N) is 1. The zero-order valence-corrected chi connectivity index (χ0v) is 9.24. The third-order valence-corrected chi connectivity index (χ3v) is 2.79. The van der Waals surface area contributed by atoms with E-state index in [0.29, 0.717) is 13.0 Å². The molecule has 1 saturated heterocycles. The van der Waals surface area contributed by atoms with Gasteiger partial charge in [0.15, 0.2) is 0 Å². The predicted octanol–water partition coefficient (Wildman–Crippen LogP) is 1.72. The molecule has 6 heteroatoms. The van der Waals surface area contributed by atoms with Crippen molar-refractivity contribution in [2.75, 3.05) is 11.9 Å². The Morgan fingerprint density at radius 2 is 2.29 bits per heavy atom. The van der Waals surface area contributed by atoms with Gasteiger partial charge in [0.1, 0.15) is 0 Å². The fourth-order valence-corrected chi connectivity index (χ4v) is 1.81. The van der Waals surface area contributed by atoms with Crippen molar-refractivity contribution >= 4 is 11.6 Å². The van der Waals surface area contributed by atoms with E-state index in [4.69, 9.17) is 4.74 Å². The van der Waals surface area contributed by atoms with Gasteiger partial charge in [-0.25, -0.2) is 0 Å². The number of carbonyl (C=O) groups is 1. The Labute approximate surface area is 97.0 Å². The Bertz CT molecular complexity index is 439. The predicted molar refractivity (Wildman–Crippen MR) is 56.3 cm³/mol. The van der Waals surface area contributed by atoms with Gasteiger partial charge in [-0.1, -0.05) is 0 Å². The summed E-state index contributed by atoms with van der Waals surface area (Å²) in [7, 11) is 0. The van der Waals surface area contributed by atoms with Crippen LogP contribution in [0.4, 0.5) is 14.5 Å². The van der Waals surface area contributed by atoms with E-state index in [2.05, 4.69) is 10.3 Å². The third-order valence-electron chi connectivity index (χ3n) is 2.79. The summed E-state index contributed by atoms with van der Waals surface area (Å²) in [5.41, 5.74) is -0.115. The van der Waals surface area contributed by atoms with E-state index in [0.717, 1.165) is 12.1 Å². The van der Waals surface area contributed by atoms with E-state index in [1.807, 2.05) is 0 Å². The molecular formula is C11H12F2N2O2. The van der Waals surface area contributed by atoms with Crippen molar-refractivity contribution < 1.29 is 18.3 Å². The van der Waals surface area contributed by atoms with Crippen LogP contribution in [0.1, 0.15) is 13.3 Å². The first kappa shape index (κ1) is 11.9. The molecule has 0 aromatic carbocycles. The molecule has 0 bridgehead atoms. The minimum absolute atomic E-state index is 0.115. The van der Waals surface area contributed by atoms with E-state index in [1.165, 1.54) is 0 Å². The van der Waals surface area contributed by atoms with Crippen molar-refractivity contribution in [2.45, 2.75) is 19.4 Å². The molecule has 2 unspecified atom stereocenters. The molecule has 0 saturated carbocycles. The average molecular weight is 242 g/mol. The normalized spacial score (nSPS) is 23.7. The molecule has 0 spiro atoms. The summed E-state index contributed by atoms with van der Waals surface area (Å²) in [6.07, 6.45) is 0.412. The molecule has 0 aliphatic carbocycles. The van der Waals surface area contributed by atoms with E-state index >= 15 is 0 Å². The van der Waals surface area contributed by atoms with Gasteiger partial charge < -0.3 is 10.1 Å². The number of carbonyl (C=O) groups excluding carboxylic acids is 1. The van der Waals surface area contributed by atoms with Crippen LogP contribution in [0.5, 0.6) is 0 Å². The number of hydrogen-bond donors (Lipinski definition) is 1. The Balaban J connectivity index is 2.07. The van der Waals surface area contributed by atoms with Crippen molar-refractivity contribution in [1.82, 2.24) is 4.98 Å². The highest BCUT2D eigenvalue weighted by atomic mass is 19.1. The Kier molecular flexibility index (Phi) is 3.33. The number of rotatable bonds is 2. The summed E-state index contributed by atoms with van der Waals surface area (Å²) in [5.74, 6) is -2.58. The van der Waals surface area contributed by atoms with Gasteiger partial charge in [0.05, 0.1) is 17.7 Å². The van der Waals surface area contributed by atoms with E-state index in [-0.39, 0.29) is 23.6 Å². The zero-order valence-electron chi connectivity index (χ0n) is 9.24. The highest BCUT2D eigenvalue weighted by Gasteiger charge is 2.31. The Morgan fingerprint density at radius 3 is 2.88 bits per heavy atom. The van der Waals surface area contributed by atoms with Gasteiger partial charge in [0.25, 0.3) is 0 Å². The highest BCUT2D eigenvalue weighted by Crippen LogP contribution is 2.22. The summed E-state index contributed by atoms with van der Waals surface area (Å²) >= 11 is 0. The van der Waals surface area contributed by atoms with Gasteiger partial charge in [0, 0.05) is 6.61 Å². The van der Waals surface area contributed by atoms with Gasteiger partial charge >= 0.3 is 0 Å². The van der Waals surface area contributed by atoms with Crippen molar-refractivity contribution in [3.63, 3.8) is 0 Å². The minimum Gasteiger partial charge on any atom is -0.378 e. The molecule has 1 aromatic rings. The van der Waals surface area contributed by atoms with Gasteiger partial charge in [-0.3, -0.25) is 4.79 Å². The fourth-order valence-electron chi connectivity index (χ4n) is 1.81. The molecule has 2 rings (SSSR count). The second-order valence-electron chi connectivity index (χ2n) is 3.93. The molecule has 1 fully saturated rings. The second-order valence-corrected chi connectivity index (χ2v) is 3.93. The number of hydrogen-bond acceptors (Lipinski definition) is 3.